The number of methoxy groups -OCH3 is 2. The zero-order valence-corrected chi connectivity index (χ0v) is 21.1. The molecule has 0 radical (unpaired) electrons. The van der Waals surface area contributed by atoms with Gasteiger partial charge in [0.25, 0.3) is 11.7 Å². The van der Waals surface area contributed by atoms with E-state index in [1.165, 1.54) is 56.9 Å². The lowest BCUT2D eigenvalue weighted by Gasteiger charge is -2.25. The Kier molecular flexibility index (Phi) is 7.43. The van der Waals surface area contributed by atoms with Crippen molar-refractivity contribution in [3.05, 3.63) is 81.6 Å². The average Bonchev–Trinajstić information content (AvgIpc) is 3.14. The van der Waals surface area contributed by atoms with Crippen LogP contribution in [0.25, 0.3) is 5.76 Å². The number of Topliss-reactive ketones (excluding diaryl/α,β-unsaturated/α-hetero) is 1. The summed E-state index contributed by atoms with van der Waals surface area (Å²) < 4.78 is 52.2. The first kappa shape index (κ1) is 27.1. The van der Waals surface area contributed by atoms with Crippen LogP contribution in [-0.2, 0) is 9.59 Å². The van der Waals surface area contributed by atoms with Gasteiger partial charge >= 0.3 is 6.36 Å². The molecule has 1 fully saturated rings. The summed E-state index contributed by atoms with van der Waals surface area (Å²) in [4.78, 5) is 31.5. The number of anilines is 1. The van der Waals surface area contributed by atoms with Crippen LogP contribution >= 0.6 is 23.2 Å². The van der Waals surface area contributed by atoms with E-state index in [9.17, 15) is 27.9 Å². The van der Waals surface area contributed by atoms with Crippen LogP contribution in [0.1, 0.15) is 17.2 Å². The molecule has 1 aliphatic rings. The van der Waals surface area contributed by atoms with E-state index in [0.717, 1.165) is 17.0 Å². The fraction of sp³-hybridized carbons (Fsp3) is 0.160. The van der Waals surface area contributed by atoms with Crippen molar-refractivity contribution in [1.82, 2.24) is 4.98 Å². The van der Waals surface area contributed by atoms with Crippen LogP contribution in [0.2, 0.25) is 10.0 Å². The number of pyridine rings is 1. The first-order valence-corrected chi connectivity index (χ1v) is 11.4. The molecule has 3 aromatic rings. The monoisotopic (exact) mass is 568 g/mol. The Morgan fingerprint density at radius 3 is 2.16 bits per heavy atom. The van der Waals surface area contributed by atoms with Crippen molar-refractivity contribution in [3.8, 4) is 17.2 Å². The Bertz CT molecular complexity index is 1430. The SMILES string of the molecule is COc1c(Cl)cc(/C(O)=C2\C(=O)C(=O)N(c3ccc(OC(F)(F)F)cc3)C2c2ccncc2)c(OC)c1Cl. The lowest BCUT2D eigenvalue weighted by atomic mass is 9.95. The molecule has 1 aliphatic heterocycles. The van der Waals surface area contributed by atoms with Gasteiger partial charge in [-0.3, -0.25) is 19.5 Å². The number of aromatic nitrogens is 1. The van der Waals surface area contributed by atoms with E-state index < -0.39 is 35.6 Å². The number of amides is 1. The fourth-order valence-electron chi connectivity index (χ4n) is 4.06. The minimum absolute atomic E-state index is 0.00482. The van der Waals surface area contributed by atoms with Gasteiger partial charge in [-0.15, -0.1) is 13.2 Å². The lowest BCUT2D eigenvalue weighted by Crippen LogP contribution is -2.29. The fourth-order valence-corrected chi connectivity index (χ4v) is 4.75. The highest BCUT2D eigenvalue weighted by Crippen LogP contribution is 2.48. The number of alkyl halides is 3. The molecule has 2 heterocycles. The zero-order valence-electron chi connectivity index (χ0n) is 19.5. The van der Waals surface area contributed by atoms with Crippen molar-refractivity contribution < 1.29 is 42.1 Å². The highest BCUT2D eigenvalue weighted by molar-refractivity contribution is 6.52. The molecular weight excluding hydrogens is 552 g/mol. The Morgan fingerprint density at radius 1 is 1.00 bits per heavy atom. The molecule has 1 aromatic heterocycles. The van der Waals surface area contributed by atoms with Crippen LogP contribution in [0, 0.1) is 0 Å². The highest BCUT2D eigenvalue weighted by Gasteiger charge is 2.47. The molecule has 38 heavy (non-hydrogen) atoms. The molecule has 4 rings (SSSR count). The zero-order chi connectivity index (χ0) is 27.8. The van der Waals surface area contributed by atoms with Gasteiger partial charge in [-0.05, 0) is 48.0 Å². The summed E-state index contributed by atoms with van der Waals surface area (Å²) in [7, 11) is 2.60. The molecule has 1 N–H and O–H groups in total. The Labute approximate surface area is 223 Å². The normalized spacial score (nSPS) is 17.0. The summed E-state index contributed by atoms with van der Waals surface area (Å²) in [5.41, 5.74) is 0.0167. The number of nitrogens with zero attached hydrogens (tertiary/aromatic N) is 2. The maximum atomic E-state index is 13.3. The number of rotatable bonds is 6. The van der Waals surface area contributed by atoms with Crippen molar-refractivity contribution in [2.45, 2.75) is 12.4 Å². The van der Waals surface area contributed by atoms with Crippen molar-refractivity contribution >= 4 is 46.3 Å². The van der Waals surface area contributed by atoms with Crippen LogP contribution in [0.15, 0.2) is 60.4 Å². The number of carbonyl (C=O) groups excluding carboxylic acids is 2. The molecule has 13 heteroatoms. The van der Waals surface area contributed by atoms with Gasteiger partial charge in [0.15, 0.2) is 11.5 Å². The second-order valence-corrected chi connectivity index (χ2v) is 8.56. The van der Waals surface area contributed by atoms with Gasteiger partial charge in [0, 0.05) is 18.1 Å². The first-order valence-electron chi connectivity index (χ1n) is 10.7. The lowest BCUT2D eigenvalue weighted by molar-refractivity contribution is -0.274. The molecule has 198 valence electrons. The maximum Gasteiger partial charge on any atom is 0.573 e. The van der Waals surface area contributed by atoms with Gasteiger partial charge in [0.05, 0.1) is 36.4 Å². The third kappa shape index (κ3) is 4.94. The molecule has 1 unspecified atom stereocenters. The third-order valence-corrected chi connectivity index (χ3v) is 6.23. The topological polar surface area (TPSA) is 98.2 Å². The van der Waals surface area contributed by atoms with Crippen molar-refractivity contribution in [2.75, 3.05) is 19.1 Å². The number of benzene rings is 2. The van der Waals surface area contributed by atoms with Gasteiger partial charge in [-0.2, -0.15) is 0 Å². The van der Waals surface area contributed by atoms with E-state index in [1.54, 1.807) is 0 Å². The first-order chi connectivity index (χ1) is 18.0. The predicted molar refractivity (Wildman–Crippen MR) is 132 cm³/mol. The number of carbonyl (C=O) groups is 2. The predicted octanol–water partition coefficient (Wildman–Crippen LogP) is 5.93. The number of aliphatic hydroxyl groups is 1. The van der Waals surface area contributed by atoms with Crippen LogP contribution in [0.5, 0.6) is 17.2 Å². The summed E-state index contributed by atoms with van der Waals surface area (Å²) >= 11 is 12.6. The molecule has 1 atom stereocenters. The van der Waals surface area contributed by atoms with E-state index in [1.807, 2.05) is 0 Å². The number of halogens is 5. The Balaban J connectivity index is 1.92. The van der Waals surface area contributed by atoms with Crippen LogP contribution in [0.3, 0.4) is 0 Å². The molecule has 1 amide bonds. The van der Waals surface area contributed by atoms with Gasteiger partial charge in [-0.1, -0.05) is 23.2 Å². The minimum Gasteiger partial charge on any atom is -0.507 e. The number of hydrogen-bond donors (Lipinski definition) is 1. The maximum absolute atomic E-state index is 13.3. The van der Waals surface area contributed by atoms with E-state index in [-0.39, 0.29) is 38.4 Å². The molecule has 0 aliphatic carbocycles. The van der Waals surface area contributed by atoms with E-state index in [0.29, 0.717) is 5.56 Å². The van der Waals surface area contributed by atoms with Crippen LogP contribution in [-0.4, -0.2) is 42.4 Å². The summed E-state index contributed by atoms with van der Waals surface area (Å²) in [6.45, 7) is 0. The largest absolute Gasteiger partial charge is 0.573 e. The summed E-state index contributed by atoms with van der Waals surface area (Å²) in [6, 6.07) is 7.46. The smallest absolute Gasteiger partial charge is 0.507 e. The molecule has 1 saturated heterocycles. The number of ketones is 1. The van der Waals surface area contributed by atoms with Crippen LogP contribution < -0.4 is 19.1 Å². The van der Waals surface area contributed by atoms with Crippen molar-refractivity contribution in [1.29, 1.82) is 0 Å². The van der Waals surface area contributed by atoms with Crippen molar-refractivity contribution in [2.24, 2.45) is 0 Å². The summed E-state index contributed by atoms with van der Waals surface area (Å²) in [5.74, 6) is -3.28. The Morgan fingerprint density at radius 2 is 1.61 bits per heavy atom. The van der Waals surface area contributed by atoms with Gasteiger partial charge in [0.2, 0.25) is 0 Å². The second kappa shape index (κ2) is 10.4. The Hall–Kier alpha value is -3.96. The van der Waals surface area contributed by atoms with E-state index in [4.69, 9.17) is 32.7 Å². The van der Waals surface area contributed by atoms with Gasteiger partial charge < -0.3 is 19.3 Å². The molecule has 0 saturated carbocycles. The molecule has 0 spiro atoms. The van der Waals surface area contributed by atoms with Gasteiger partial charge in [-0.25, -0.2) is 0 Å². The quantitative estimate of drug-likeness (QED) is 0.223. The molecular formula is C25H17Cl2F3N2O6. The third-order valence-electron chi connectivity index (χ3n) is 5.61. The minimum atomic E-state index is -4.91. The summed E-state index contributed by atoms with van der Waals surface area (Å²) in [6.07, 6.45) is -2.09. The number of ether oxygens (including phenoxy) is 3. The molecule has 0 bridgehead atoms. The van der Waals surface area contributed by atoms with Gasteiger partial charge in [0.1, 0.15) is 16.5 Å². The van der Waals surface area contributed by atoms with E-state index in [2.05, 4.69) is 9.72 Å². The molecule has 8 nitrogen and oxygen atoms in total. The summed E-state index contributed by atoms with van der Waals surface area (Å²) in [5, 5.41) is 11.3. The highest BCUT2D eigenvalue weighted by atomic mass is 35.5. The van der Waals surface area contributed by atoms with Crippen LogP contribution in [0.4, 0.5) is 18.9 Å². The standard InChI is InChI=1S/C25H17Cl2F3N2O6/c1-36-22-15(11-16(26)23(37-2)18(22)27)20(33)17-19(12-7-9-31-10-8-12)32(24(35)21(17)34)13-3-5-14(6-4-13)38-25(28,29)30/h3-11,19,33H,1-2H3/b20-17+. The molecule has 2 aromatic carbocycles. The van der Waals surface area contributed by atoms with E-state index >= 15 is 0 Å². The van der Waals surface area contributed by atoms with Crippen molar-refractivity contribution in [3.63, 3.8) is 0 Å². The average molecular weight is 569 g/mol. The number of aliphatic hydroxyl groups excluding tert-OH is 1. The second-order valence-electron chi connectivity index (χ2n) is 7.78. The number of hydrogen-bond acceptors (Lipinski definition) is 7.